The van der Waals surface area contributed by atoms with Crippen molar-refractivity contribution in [2.45, 2.75) is 12.8 Å². The molecule has 7 nitrogen and oxygen atoms in total. The molecule has 1 aliphatic rings. The molecular weight excluding hydrogens is 713 g/mol. The summed E-state index contributed by atoms with van der Waals surface area (Å²) >= 11 is 0. The van der Waals surface area contributed by atoms with E-state index in [1.807, 2.05) is 78.9 Å². The molecule has 0 unspecified atom stereocenters. The number of para-hydroxylation sites is 1. The molecule has 12 rings (SSSR count). The highest BCUT2D eigenvalue weighted by Crippen LogP contribution is 2.41. The summed E-state index contributed by atoms with van der Waals surface area (Å²) < 4.78 is 6.50. The Morgan fingerprint density at radius 1 is 0.414 bits per heavy atom. The van der Waals surface area contributed by atoms with Gasteiger partial charge >= 0.3 is 0 Å². The van der Waals surface area contributed by atoms with Crippen LogP contribution in [0.25, 0.3) is 112 Å². The molecule has 0 saturated carbocycles. The van der Waals surface area contributed by atoms with Crippen molar-refractivity contribution in [2.24, 2.45) is 0 Å². The quantitative estimate of drug-likeness (QED) is 0.189. The number of aromatic nitrogens is 6. The molecule has 58 heavy (non-hydrogen) atoms. The van der Waals surface area contributed by atoms with E-state index in [0.29, 0.717) is 23.3 Å². The molecule has 1 aliphatic carbocycles. The molecule has 0 spiro atoms. The zero-order valence-electron chi connectivity index (χ0n) is 31.1. The number of hydrogen-bond donors (Lipinski definition) is 1. The second kappa shape index (κ2) is 12.9. The van der Waals surface area contributed by atoms with Crippen LogP contribution in [0.1, 0.15) is 11.1 Å². The summed E-state index contributed by atoms with van der Waals surface area (Å²) in [7, 11) is 0. The molecule has 0 bridgehead atoms. The molecule has 11 aromatic rings. The van der Waals surface area contributed by atoms with Gasteiger partial charge in [0.25, 0.3) is 0 Å². The van der Waals surface area contributed by atoms with Gasteiger partial charge in [-0.3, -0.25) is 0 Å². The number of aromatic amines is 1. The minimum Gasteiger partial charge on any atom is -0.456 e. The SMILES string of the molecule is c1ccc(-c2nc(-c3ccccc3)nc(-c3cccc4oc5ccc(-c6nc(-c7ccc8c(c7)CCc7ccccc7-8)c7[nH]c8ccccc8c7n6)cc5c34)n2)cc1. The van der Waals surface area contributed by atoms with Gasteiger partial charge in [0.1, 0.15) is 16.7 Å². The predicted molar refractivity (Wildman–Crippen MR) is 232 cm³/mol. The first-order chi connectivity index (χ1) is 28.7. The molecule has 0 aliphatic heterocycles. The number of hydrogen-bond acceptors (Lipinski definition) is 6. The van der Waals surface area contributed by atoms with E-state index in [4.69, 9.17) is 29.3 Å². The van der Waals surface area contributed by atoms with E-state index in [1.165, 1.54) is 22.3 Å². The van der Waals surface area contributed by atoms with Crippen molar-refractivity contribution in [3.05, 3.63) is 175 Å². The number of aryl methyl sites for hydroxylation is 2. The highest BCUT2D eigenvalue weighted by Gasteiger charge is 2.22. The summed E-state index contributed by atoms with van der Waals surface area (Å²) in [5.41, 5.74) is 15.2. The first kappa shape index (κ1) is 32.5. The van der Waals surface area contributed by atoms with Crippen molar-refractivity contribution < 1.29 is 4.42 Å². The summed E-state index contributed by atoms with van der Waals surface area (Å²) in [6.45, 7) is 0. The normalized spacial score (nSPS) is 12.3. The highest BCUT2D eigenvalue weighted by molar-refractivity contribution is 6.13. The van der Waals surface area contributed by atoms with Crippen LogP contribution in [0.2, 0.25) is 0 Å². The summed E-state index contributed by atoms with van der Waals surface area (Å²) in [6.07, 6.45) is 2.01. The van der Waals surface area contributed by atoms with Crippen LogP contribution in [-0.2, 0) is 12.8 Å². The molecule has 0 saturated heterocycles. The molecule has 0 atom stereocenters. The third kappa shape index (κ3) is 5.24. The Kier molecular flexibility index (Phi) is 7.22. The zero-order valence-corrected chi connectivity index (χ0v) is 31.1. The Balaban J connectivity index is 1.05. The lowest BCUT2D eigenvalue weighted by molar-refractivity contribution is 0.669. The van der Waals surface area contributed by atoms with Crippen molar-refractivity contribution in [1.82, 2.24) is 29.9 Å². The van der Waals surface area contributed by atoms with Gasteiger partial charge in [-0.1, -0.05) is 127 Å². The monoisotopic (exact) mass is 744 g/mol. The van der Waals surface area contributed by atoms with Crippen LogP contribution in [0.3, 0.4) is 0 Å². The van der Waals surface area contributed by atoms with E-state index in [-0.39, 0.29) is 0 Å². The fourth-order valence-corrected chi connectivity index (χ4v) is 8.61. The Hall–Kier alpha value is -7.77. The minimum absolute atomic E-state index is 0.570. The van der Waals surface area contributed by atoms with E-state index in [0.717, 1.165) is 90.2 Å². The number of furan rings is 1. The lowest BCUT2D eigenvalue weighted by Crippen LogP contribution is -2.04. The first-order valence-electron chi connectivity index (χ1n) is 19.5. The van der Waals surface area contributed by atoms with Crippen molar-refractivity contribution in [3.63, 3.8) is 0 Å². The smallest absolute Gasteiger partial charge is 0.164 e. The molecule has 4 heterocycles. The largest absolute Gasteiger partial charge is 0.456 e. The fourth-order valence-electron chi connectivity index (χ4n) is 8.61. The summed E-state index contributed by atoms with van der Waals surface area (Å²) in [5.74, 6) is 2.42. The molecule has 272 valence electrons. The topological polar surface area (TPSA) is 93.4 Å². The van der Waals surface area contributed by atoms with Crippen LogP contribution in [0.4, 0.5) is 0 Å². The third-order valence-corrected chi connectivity index (χ3v) is 11.4. The summed E-state index contributed by atoms with van der Waals surface area (Å²) in [4.78, 5) is 29.4. The molecule has 4 aromatic heterocycles. The lowest BCUT2D eigenvalue weighted by atomic mass is 9.84. The maximum Gasteiger partial charge on any atom is 0.164 e. The first-order valence-corrected chi connectivity index (χ1v) is 19.5. The molecule has 7 heteroatoms. The molecule has 7 aromatic carbocycles. The fraction of sp³-hybridized carbons (Fsp3) is 0.0392. The van der Waals surface area contributed by atoms with Crippen molar-refractivity contribution in [2.75, 3.05) is 0 Å². The average Bonchev–Trinajstić information content (AvgIpc) is 3.87. The number of benzene rings is 7. The van der Waals surface area contributed by atoms with Crippen LogP contribution >= 0.6 is 0 Å². The standard InChI is InChI=1S/C51H32N6O/c1-3-13-31(14-4-1)48-55-49(32-15-5-2-6-16-32)57-51(56-48)39-19-11-21-43-44(39)40-29-35(25-27-42(40)58-43)50-53-45(47-46(54-50)38-18-9-10-20-41(38)52-47)34-24-26-37-33(28-34)23-22-30-12-7-8-17-36(30)37/h1-21,24-29,52H,22-23H2. The molecule has 0 radical (unpaired) electrons. The lowest BCUT2D eigenvalue weighted by Gasteiger charge is -2.20. The number of fused-ring (bicyclic) bond motifs is 9. The van der Waals surface area contributed by atoms with Gasteiger partial charge in [-0.15, -0.1) is 0 Å². The maximum absolute atomic E-state index is 6.50. The van der Waals surface area contributed by atoms with Crippen LogP contribution < -0.4 is 0 Å². The van der Waals surface area contributed by atoms with Crippen LogP contribution in [0.5, 0.6) is 0 Å². The van der Waals surface area contributed by atoms with E-state index in [1.54, 1.807) is 0 Å². The molecule has 0 amide bonds. The van der Waals surface area contributed by atoms with Crippen molar-refractivity contribution >= 4 is 43.9 Å². The van der Waals surface area contributed by atoms with Gasteiger partial charge in [0.05, 0.1) is 11.2 Å². The number of rotatable bonds is 5. The predicted octanol–water partition coefficient (Wildman–Crippen LogP) is 12.3. The zero-order chi connectivity index (χ0) is 38.2. The van der Waals surface area contributed by atoms with Crippen molar-refractivity contribution in [1.29, 1.82) is 0 Å². The van der Waals surface area contributed by atoms with Crippen LogP contribution in [-0.4, -0.2) is 29.9 Å². The Bertz CT molecular complexity index is 3350. The van der Waals surface area contributed by atoms with Gasteiger partial charge in [0.2, 0.25) is 0 Å². The summed E-state index contributed by atoms with van der Waals surface area (Å²) in [6, 6.07) is 56.2. The van der Waals surface area contributed by atoms with Gasteiger partial charge in [0, 0.05) is 49.5 Å². The third-order valence-electron chi connectivity index (χ3n) is 11.4. The molecular formula is C51H32N6O. The van der Waals surface area contributed by atoms with Gasteiger partial charge in [-0.05, 0) is 71.5 Å². The molecule has 1 N–H and O–H groups in total. The van der Waals surface area contributed by atoms with Crippen LogP contribution in [0.15, 0.2) is 168 Å². The van der Waals surface area contributed by atoms with E-state index >= 15 is 0 Å². The summed E-state index contributed by atoms with van der Waals surface area (Å²) in [5, 5.41) is 2.92. The Morgan fingerprint density at radius 2 is 1.07 bits per heavy atom. The average molecular weight is 745 g/mol. The minimum atomic E-state index is 0.570. The van der Waals surface area contributed by atoms with Gasteiger partial charge < -0.3 is 9.40 Å². The number of nitrogens with zero attached hydrogens (tertiary/aromatic N) is 5. The second-order valence-corrected chi connectivity index (χ2v) is 14.8. The van der Waals surface area contributed by atoms with Crippen molar-refractivity contribution in [3.8, 4) is 67.9 Å². The Morgan fingerprint density at radius 3 is 1.90 bits per heavy atom. The van der Waals surface area contributed by atoms with Crippen LogP contribution in [0, 0.1) is 0 Å². The van der Waals surface area contributed by atoms with Gasteiger partial charge in [-0.25, -0.2) is 24.9 Å². The highest BCUT2D eigenvalue weighted by atomic mass is 16.3. The number of H-pyrrole nitrogens is 1. The van der Waals surface area contributed by atoms with E-state index in [9.17, 15) is 0 Å². The maximum atomic E-state index is 6.50. The van der Waals surface area contributed by atoms with Gasteiger partial charge in [0.15, 0.2) is 23.3 Å². The van der Waals surface area contributed by atoms with E-state index < -0.39 is 0 Å². The second-order valence-electron chi connectivity index (χ2n) is 14.8. The van der Waals surface area contributed by atoms with Gasteiger partial charge in [-0.2, -0.15) is 0 Å². The Labute approximate surface area is 332 Å². The van der Waals surface area contributed by atoms with E-state index in [2.05, 4.69) is 89.9 Å². The number of nitrogens with one attached hydrogen (secondary N) is 1. The molecule has 0 fully saturated rings.